The molecule has 1 aliphatic heterocycles. The van der Waals surface area contributed by atoms with E-state index >= 15 is 0 Å². The lowest BCUT2D eigenvalue weighted by molar-refractivity contribution is -0.136. The van der Waals surface area contributed by atoms with E-state index in [1.807, 2.05) is 18.2 Å². The zero-order valence-electron chi connectivity index (χ0n) is 12.9. The standard InChI is InChI=1S/C18H21N3O/c1-18(9-10-18)17(22)21-11-7-14-15(8-12-21)19-20-16(14)13-5-3-2-4-6-13/h2-6H,7-12H2,1H3,(H,19,20). The largest absolute Gasteiger partial charge is 0.342 e. The molecule has 1 saturated carbocycles. The minimum atomic E-state index is -0.0709. The van der Waals surface area contributed by atoms with Gasteiger partial charge in [0.05, 0.1) is 5.69 Å². The normalized spacial score (nSPS) is 19.4. The number of hydrogen-bond donors (Lipinski definition) is 1. The third-order valence-electron chi connectivity index (χ3n) is 5.07. The van der Waals surface area contributed by atoms with E-state index in [4.69, 9.17) is 0 Å². The van der Waals surface area contributed by atoms with Gasteiger partial charge in [-0.2, -0.15) is 5.10 Å². The number of amides is 1. The molecule has 0 radical (unpaired) electrons. The van der Waals surface area contributed by atoms with E-state index in [9.17, 15) is 4.79 Å². The molecule has 1 amide bonds. The fraction of sp³-hybridized carbons (Fsp3) is 0.444. The van der Waals surface area contributed by atoms with Crippen LogP contribution in [-0.2, 0) is 17.6 Å². The van der Waals surface area contributed by atoms with Crippen molar-refractivity contribution in [3.63, 3.8) is 0 Å². The van der Waals surface area contributed by atoms with Crippen LogP contribution >= 0.6 is 0 Å². The Bertz CT molecular complexity index is 700. The van der Waals surface area contributed by atoms with Crippen molar-refractivity contribution in [1.29, 1.82) is 0 Å². The maximum absolute atomic E-state index is 12.6. The Balaban J connectivity index is 1.58. The number of fused-ring (bicyclic) bond motifs is 1. The summed E-state index contributed by atoms with van der Waals surface area (Å²) in [5.74, 6) is 0.340. The van der Waals surface area contributed by atoms with Crippen molar-refractivity contribution in [3.05, 3.63) is 41.6 Å². The van der Waals surface area contributed by atoms with Crippen LogP contribution in [0.4, 0.5) is 0 Å². The quantitative estimate of drug-likeness (QED) is 0.926. The molecule has 2 heterocycles. The van der Waals surface area contributed by atoms with Crippen molar-refractivity contribution < 1.29 is 4.79 Å². The van der Waals surface area contributed by atoms with Crippen LogP contribution in [0.5, 0.6) is 0 Å². The van der Waals surface area contributed by atoms with Gasteiger partial charge in [-0.25, -0.2) is 0 Å². The predicted octanol–water partition coefficient (Wildman–Crippen LogP) is 2.80. The minimum Gasteiger partial charge on any atom is -0.342 e. The van der Waals surface area contributed by atoms with Crippen molar-refractivity contribution in [2.45, 2.75) is 32.6 Å². The molecule has 2 aromatic rings. The summed E-state index contributed by atoms with van der Waals surface area (Å²) in [6.07, 6.45) is 3.85. The Morgan fingerprint density at radius 3 is 2.64 bits per heavy atom. The van der Waals surface area contributed by atoms with Crippen molar-refractivity contribution in [3.8, 4) is 11.3 Å². The molecule has 4 heteroatoms. The Morgan fingerprint density at radius 1 is 1.18 bits per heavy atom. The molecule has 4 rings (SSSR count). The molecule has 1 aliphatic carbocycles. The second kappa shape index (κ2) is 4.97. The van der Waals surface area contributed by atoms with Gasteiger partial charge in [-0.05, 0) is 19.3 Å². The molecule has 1 aromatic heterocycles. The summed E-state index contributed by atoms with van der Waals surface area (Å²) in [6.45, 7) is 3.70. The van der Waals surface area contributed by atoms with E-state index < -0.39 is 0 Å². The Hall–Kier alpha value is -2.10. The molecular weight excluding hydrogens is 274 g/mol. The van der Waals surface area contributed by atoms with Crippen LogP contribution in [0, 0.1) is 5.41 Å². The SMILES string of the molecule is CC1(C(=O)N2CCc3[nH]nc(-c4ccccc4)c3CC2)CC1. The fourth-order valence-electron chi connectivity index (χ4n) is 3.30. The molecule has 114 valence electrons. The fourth-order valence-corrected chi connectivity index (χ4v) is 3.30. The molecule has 1 N–H and O–H groups in total. The third kappa shape index (κ3) is 2.23. The highest BCUT2D eigenvalue weighted by atomic mass is 16.2. The Labute approximate surface area is 130 Å². The smallest absolute Gasteiger partial charge is 0.228 e. The first-order valence-electron chi connectivity index (χ1n) is 8.08. The Kier molecular flexibility index (Phi) is 3.06. The van der Waals surface area contributed by atoms with E-state index in [-0.39, 0.29) is 5.41 Å². The number of carbonyl (C=O) groups excluding carboxylic acids is 1. The second-order valence-electron chi connectivity index (χ2n) is 6.75. The van der Waals surface area contributed by atoms with Gasteiger partial charge < -0.3 is 4.90 Å². The average Bonchev–Trinajstić information content (AvgIpc) is 3.23. The molecular formula is C18H21N3O. The first-order valence-corrected chi connectivity index (χ1v) is 8.08. The number of aromatic amines is 1. The Morgan fingerprint density at radius 2 is 1.91 bits per heavy atom. The molecule has 1 aromatic carbocycles. The summed E-state index contributed by atoms with van der Waals surface area (Å²) in [6, 6.07) is 10.3. The maximum atomic E-state index is 12.6. The predicted molar refractivity (Wildman–Crippen MR) is 85.4 cm³/mol. The lowest BCUT2D eigenvalue weighted by Gasteiger charge is -2.23. The molecule has 2 aliphatic rings. The summed E-state index contributed by atoms with van der Waals surface area (Å²) >= 11 is 0. The number of hydrogen-bond acceptors (Lipinski definition) is 2. The van der Waals surface area contributed by atoms with Crippen LogP contribution in [0.1, 0.15) is 31.0 Å². The average molecular weight is 295 g/mol. The highest BCUT2D eigenvalue weighted by Gasteiger charge is 2.47. The molecule has 22 heavy (non-hydrogen) atoms. The van der Waals surface area contributed by atoms with Crippen molar-refractivity contribution in [2.75, 3.05) is 13.1 Å². The van der Waals surface area contributed by atoms with Crippen LogP contribution in [-0.4, -0.2) is 34.1 Å². The van der Waals surface area contributed by atoms with Crippen LogP contribution in [0.3, 0.4) is 0 Å². The van der Waals surface area contributed by atoms with Crippen molar-refractivity contribution in [2.24, 2.45) is 5.41 Å². The van der Waals surface area contributed by atoms with E-state index in [1.54, 1.807) is 0 Å². The van der Waals surface area contributed by atoms with Crippen LogP contribution in [0.15, 0.2) is 30.3 Å². The number of benzene rings is 1. The number of nitrogens with zero attached hydrogens (tertiary/aromatic N) is 2. The number of nitrogens with one attached hydrogen (secondary N) is 1. The summed E-state index contributed by atoms with van der Waals surface area (Å²) in [7, 11) is 0. The van der Waals surface area contributed by atoms with E-state index in [1.165, 1.54) is 11.3 Å². The van der Waals surface area contributed by atoms with Crippen LogP contribution in [0.25, 0.3) is 11.3 Å². The monoisotopic (exact) mass is 295 g/mol. The molecule has 1 fully saturated rings. The lowest BCUT2D eigenvalue weighted by Crippen LogP contribution is -2.38. The van der Waals surface area contributed by atoms with Crippen LogP contribution < -0.4 is 0 Å². The maximum Gasteiger partial charge on any atom is 0.228 e. The van der Waals surface area contributed by atoms with Gasteiger partial charge in [-0.15, -0.1) is 0 Å². The van der Waals surface area contributed by atoms with Crippen LogP contribution in [0.2, 0.25) is 0 Å². The summed E-state index contributed by atoms with van der Waals surface area (Å²) in [5.41, 5.74) is 4.59. The highest BCUT2D eigenvalue weighted by molar-refractivity contribution is 5.85. The summed E-state index contributed by atoms with van der Waals surface area (Å²) in [4.78, 5) is 14.6. The van der Waals surface area contributed by atoms with Gasteiger partial charge in [0.15, 0.2) is 0 Å². The first kappa shape index (κ1) is 13.6. The number of H-pyrrole nitrogens is 1. The molecule has 4 nitrogen and oxygen atoms in total. The topological polar surface area (TPSA) is 49.0 Å². The highest BCUT2D eigenvalue weighted by Crippen LogP contribution is 2.46. The zero-order valence-corrected chi connectivity index (χ0v) is 12.9. The minimum absolute atomic E-state index is 0.0709. The van der Waals surface area contributed by atoms with Gasteiger partial charge in [0.25, 0.3) is 0 Å². The van der Waals surface area contributed by atoms with Gasteiger partial charge in [0, 0.05) is 41.7 Å². The third-order valence-corrected chi connectivity index (χ3v) is 5.07. The van der Waals surface area contributed by atoms with Gasteiger partial charge in [-0.3, -0.25) is 9.89 Å². The van der Waals surface area contributed by atoms with Crippen molar-refractivity contribution in [1.82, 2.24) is 15.1 Å². The molecule has 0 bridgehead atoms. The van der Waals surface area contributed by atoms with Gasteiger partial charge in [-0.1, -0.05) is 37.3 Å². The summed E-state index contributed by atoms with van der Waals surface area (Å²) in [5, 5.41) is 7.70. The van der Waals surface area contributed by atoms with Gasteiger partial charge >= 0.3 is 0 Å². The van der Waals surface area contributed by atoms with E-state index in [0.717, 1.165) is 50.0 Å². The number of aromatic nitrogens is 2. The zero-order chi connectivity index (χ0) is 15.2. The number of rotatable bonds is 2. The number of carbonyl (C=O) groups is 1. The molecule has 0 atom stereocenters. The van der Waals surface area contributed by atoms with Gasteiger partial charge in [0.2, 0.25) is 5.91 Å². The first-order chi connectivity index (χ1) is 10.7. The second-order valence-corrected chi connectivity index (χ2v) is 6.75. The molecule has 0 spiro atoms. The molecule has 0 saturated heterocycles. The van der Waals surface area contributed by atoms with Gasteiger partial charge in [0.1, 0.15) is 0 Å². The summed E-state index contributed by atoms with van der Waals surface area (Å²) < 4.78 is 0. The van der Waals surface area contributed by atoms with E-state index in [2.05, 4.69) is 34.2 Å². The van der Waals surface area contributed by atoms with E-state index in [0.29, 0.717) is 5.91 Å². The lowest BCUT2D eigenvalue weighted by atomic mass is 10.0. The molecule has 0 unspecified atom stereocenters. The van der Waals surface area contributed by atoms with Crippen molar-refractivity contribution >= 4 is 5.91 Å².